The van der Waals surface area contributed by atoms with E-state index in [-0.39, 0.29) is 17.4 Å². The minimum Gasteiger partial charge on any atom is -0.341 e. The smallest absolute Gasteiger partial charge is 0.341 e. The Morgan fingerprint density at radius 1 is 1.14 bits per heavy atom. The van der Waals surface area contributed by atoms with Gasteiger partial charge in [0.25, 0.3) is 5.56 Å². The van der Waals surface area contributed by atoms with Crippen LogP contribution in [0.5, 0.6) is 0 Å². The van der Waals surface area contributed by atoms with Crippen molar-refractivity contribution in [3.8, 4) is 5.82 Å². The van der Waals surface area contributed by atoms with Gasteiger partial charge >= 0.3 is 6.18 Å². The summed E-state index contributed by atoms with van der Waals surface area (Å²) in [5.74, 6) is 0.715. The quantitative estimate of drug-likeness (QED) is 0.649. The fourth-order valence-corrected chi connectivity index (χ4v) is 3.24. The number of anilines is 1. The van der Waals surface area contributed by atoms with Gasteiger partial charge in [-0.1, -0.05) is 0 Å². The Morgan fingerprint density at radius 3 is 2.62 bits per heavy atom. The molecule has 29 heavy (non-hydrogen) atoms. The van der Waals surface area contributed by atoms with Crippen LogP contribution in [0.15, 0.2) is 41.8 Å². The Kier molecular flexibility index (Phi) is 4.99. The van der Waals surface area contributed by atoms with Gasteiger partial charge in [0, 0.05) is 31.9 Å². The zero-order chi connectivity index (χ0) is 20.4. The molecular formula is C17H17F3N8O. The number of alkyl halides is 3. The van der Waals surface area contributed by atoms with Crippen LogP contribution < -0.4 is 10.5 Å². The lowest BCUT2D eigenvalue weighted by Gasteiger charge is -2.32. The topological polar surface area (TPSA) is 94.6 Å². The van der Waals surface area contributed by atoms with E-state index < -0.39 is 11.9 Å². The monoisotopic (exact) mass is 406 g/mol. The Hall–Kier alpha value is -3.31. The maximum Gasteiger partial charge on any atom is 0.433 e. The van der Waals surface area contributed by atoms with Gasteiger partial charge in [0.1, 0.15) is 18.3 Å². The summed E-state index contributed by atoms with van der Waals surface area (Å²) in [6, 6.07) is 3.85. The molecule has 1 aliphatic heterocycles. The number of hydrogen-bond acceptors (Lipinski definition) is 7. The van der Waals surface area contributed by atoms with Crippen LogP contribution in [0.4, 0.5) is 19.1 Å². The Bertz CT molecular complexity index is 1030. The summed E-state index contributed by atoms with van der Waals surface area (Å²) in [4.78, 5) is 25.4. The van der Waals surface area contributed by atoms with Crippen LogP contribution in [0.1, 0.15) is 18.5 Å². The predicted octanol–water partition coefficient (Wildman–Crippen LogP) is 1.55. The Morgan fingerprint density at radius 2 is 1.93 bits per heavy atom. The van der Waals surface area contributed by atoms with E-state index in [1.54, 1.807) is 11.0 Å². The van der Waals surface area contributed by atoms with Crippen LogP contribution in [0, 0.1) is 5.92 Å². The van der Waals surface area contributed by atoms with Crippen molar-refractivity contribution >= 4 is 5.95 Å². The molecule has 0 aliphatic carbocycles. The largest absolute Gasteiger partial charge is 0.433 e. The van der Waals surface area contributed by atoms with Gasteiger partial charge in [-0.2, -0.15) is 18.3 Å². The second-order valence-electron chi connectivity index (χ2n) is 6.72. The number of aromatic nitrogens is 7. The third-order valence-corrected chi connectivity index (χ3v) is 4.77. The molecule has 152 valence electrons. The van der Waals surface area contributed by atoms with E-state index >= 15 is 0 Å². The second kappa shape index (κ2) is 7.60. The fraction of sp³-hybridized carbons (Fsp3) is 0.412. The number of piperidine rings is 1. The van der Waals surface area contributed by atoms with Crippen molar-refractivity contribution in [1.82, 2.24) is 34.5 Å². The third kappa shape index (κ3) is 4.25. The third-order valence-electron chi connectivity index (χ3n) is 4.77. The zero-order valence-electron chi connectivity index (χ0n) is 15.2. The van der Waals surface area contributed by atoms with Crippen molar-refractivity contribution < 1.29 is 13.2 Å². The minimum absolute atomic E-state index is 0.0711. The van der Waals surface area contributed by atoms with Gasteiger partial charge in [-0.15, -0.1) is 5.10 Å². The molecule has 0 bridgehead atoms. The molecule has 3 aromatic rings. The van der Waals surface area contributed by atoms with E-state index in [4.69, 9.17) is 0 Å². The SMILES string of the molecule is O=c1ccc(-n2cncn2)nn1CC1CCN(c2nccc(C(F)(F)F)n2)CC1. The van der Waals surface area contributed by atoms with Gasteiger partial charge in [-0.3, -0.25) is 4.79 Å². The van der Waals surface area contributed by atoms with Crippen LogP contribution in [0.3, 0.4) is 0 Å². The summed E-state index contributed by atoms with van der Waals surface area (Å²) in [6.07, 6.45) is 0.851. The van der Waals surface area contributed by atoms with Crippen LogP contribution >= 0.6 is 0 Å². The summed E-state index contributed by atoms with van der Waals surface area (Å²) < 4.78 is 41.4. The molecule has 0 radical (unpaired) electrons. The van der Waals surface area contributed by atoms with Crippen molar-refractivity contribution in [2.75, 3.05) is 18.0 Å². The maximum absolute atomic E-state index is 12.9. The highest BCUT2D eigenvalue weighted by Gasteiger charge is 2.33. The molecule has 0 amide bonds. The summed E-state index contributed by atoms with van der Waals surface area (Å²) in [5.41, 5.74) is -1.18. The minimum atomic E-state index is -4.50. The Labute approximate surface area is 162 Å². The molecular weight excluding hydrogens is 389 g/mol. The molecule has 0 spiro atoms. The van der Waals surface area contributed by atoms with Crippen molar-refractivity contribution in [2.24, 2.45) is 5.92 Å². The molecule has 4 rings (SSSR count). The average Bonchev–Trinajstić information content (AvgIpc) is 3.25. The van der Waals surface area contributed by atoms with Crippen LogP contribution in [-0.4, -0.2) is 47.6 Å². The first-order valence-corrected chi connectivity index (χ1v) is 8.98. The van der Waals surface area contributed by atoms with Crippen LogP contribution in [-0.2, 0) is 12.7 Å². The predicted molar refractivity (Wildman–Crippen MR) is 95.4 cm³/mol. The molecule has 1 fully saturated rings. The van der Waals surface area contributed by atoms with Gasteiger partial charge in [0.15, 0.2) is 5.82 Å². The number of nitrogens with zero attached hydrogens (tertiary/aromatic N) is 8. The van der Waals surface area contributed by atoms with Crippen LogP contribution in [0.2, 0.25) is 0 Å². The lowest BCUT2D eigenvalue weighted by atomic mass is 9.97. The maximum atomic E-state index is 12.9. The normalized spacial score (nSPS) is 15.6. The molecule has 0 unspecified atom stereocenters. The van der Waals surface area contributed by atoms with E-state index in [0.29, 0.717) is 38.3 Å². The summed E-state index contributed by atoms with van der Waals surface area (Å²) in [7, 11) is 0. The molecule has 1 saturated heterocycles. The summed E-state index contributed by atoms with van der Waals surface area (Å²) >= 11 is 0. The molecule has 4 heterocycles. The van der Waals surface area contributed by atoms with Crippen molar-refractivity contribution in [1.29, 1.82) is 0 Å². The van der Waals surface area contributed by atoms with E-state index in [1.165, 1.54) is 28.1 Å². The van der Waals surface area contributed by atoms with Gasteiger partial charge in [0.05, 0.1) is 0 Å². The second-order valence-corrected chi connectivity index (χ2v) is 6.72. The van der Waals surface area contributed by atoms with Crippen molar-refractivity contribution in [2.45, 2.75) is 25.6 Å². The van der Waals surface area contributed by atoms with Gasteiger partial charge in [-0.05, 0) is 30.9 Å². The molecule has 1 aliphatic rings. The fourth-order valence-electron chi connectivity index (χ4n) is 3.24. The first-order valence-electron chi connectivity index (χ1n) is 8.98. The lowest BCUT2D eigenvalue weighted by Crippen LogP contribution is -2.38. The molecule has 0 N–H and O–H groups in total. The van der Waals surface area contributed by atoms with Crippen molar-refractivity contribution in [3.63, 3.8) is 0 Å². The molecule has 9 nitrogen and oxygen atoms in total. The highest BCUT2D eigenvalue weighted by molar-refractivity contribution is 5.31. The molecule has 0 saturated carbocycles. The van der Waals surface area contributed by atoms with Crippen molar-refractivity contribution in [3.05, 3.63) is 53.1 Å². The molecule has 3 aromatic heterocycles. The average molecular weight is 406 g/mol. The summed E-state index contributed by atoms with van der Waals surface area (Å²) in [6.45, 7) is 1.42. The first kappa shape index (κ1) is 19.0. The Balaban J connectivity index is 1.42. The molecule has 12 heteroatoms. The number of hydrogen-bond donors (Lipinski definition) is 0. The van der Waals surface area contributed by atoms with Crippen LogP contribution in [0.25, 0.3) is 5.82 Å². The van der Waals surface area contributed by atoms with E-state index in [1.807, 2.05) is 0 Å². The molecule has 0 aromatic carbocycles. The van der Waals surface area contributed by atoms with E-state index in [2.05, 4.69) is 25.1 Å². The first-order chi connectivity index (χ1) is 13.9. The lowest BCUT2D eigenvalue weighted by molar-refractivity contribution is -0.141. The standard InChI is InChI=1S/C17H17F3N8O/c18-17(19,20)13-3-6-22-16(24-13)26-7-4-12(5-8-26)9-27-15(29)2-1-14(25-27)28-11-21-10-23-28/h1-3,6,10-12H,4-5,7-9H2. The summed E-state index contributed by atoms with van der Waals surface area (Å²) in [5, 5.41) is 8.32. The zero-order valence-corrected chi connectivity index (χ0v) is 15.2. The van der Waals surface area contributed by atoms with E-state index in [0.717, 1.165) is 12.3 Å². The van der Waals surface area contributed by atoms with Gasteiger partial charge in [-0.25, -0.2) is 24.3 Å². The molecule has 0 atom stereocenters. The highest BCUT2D eigenvalue weighted by Crippen LogP contribution is 2.29. The number of rotatable bonds is 4. The van der Waals surface area contributed by atoms with Gasteiger partial charge < -0.3 is 4.90 Å². The highest BCUT2D eigenvalue weighted by atomic mass is 19.4. The van der Waals surface area contributed by atoms with Gasteiger partial charge in [0.2, 0.25) is 5.95 Å². The number of halogens is 3. The van der Waals surface area contributed by atoms with E-state index in [9.17, 15) is 18.0 Å².